The second kappa shape index (κ2) is 8.90. The Morgan fingerprint density at radius 3 is 2.78 bits per heavy atom. The Balaban J connectivity index is 1.48. The summed E-state index contributed by atoms with van der Waals surface area (Å²) in [4.78, 5) is 25.8. The van der Waals surface area contributed by atoms with Gasteiger partial charge in [0.25, 0.3) is 5.82 Å². The lowest BCUT2D eigenvalue weighted by molar-refractivity contribution is -0.732. The van der Waals surface area contributed by atoms with Gasteiger partial charge in [-0.3, -0.25) is 9.59 Å². The first-order valence-corrected chi connectivity index (χ1v) is 11.4. The molecular formula is C25H33N4O3+. The van der Waals surface area contributed by atoms with Gasteiger partial charge in [-0.1, -0.05) is 32.0 Å². The van der Waals surface area contributed by atoms with Crippen LogP contribution in [0, 0.1) is 24.7 Å². The minimum absolute atomic E-state index is 0.0713. The molecule has 0 radical (unpaired) electrons. The molecule has 7 heteroatoms. The maximum atomic E-state index is 13.4. The van der Waals surface area contributed by atoms with Gasteiger partial charge in [0, 0.05) is 42.7 Å². The number of hydrogen-bond acceptors (Lipinski definition) is 4. The second-order valence-corrected chi connectivity index (χ2v) is 9.14. The fourth-order valence-corrected chi connectivity index (χ4v) is 4.82. The molecular weight excluding hydrogens is 404 g/mol. The molecule has 0 fully saturated rings. The smallest absolute Gasteiger partial charge is 0.313 e. The summed E-state index contributed by atoms with van der Waals surface area (Å²) in [6.45, 7) is 6.96. The van der Waals surface area contributed by atoms with Crippen molar-refractivity contribution in [2.24, 2.45) is 30.5 Å². The molecule has 0 aliphatic heterocycles. The number of carbonyl (C=O) groups excluding carboxylic acids is 2. The molecule has 0 bridgehead atoms. The molecule has 0 spiro atoms. The van der Waals surface area contributed by atoms with E-state index in [1.54, 1.807) is 0 Å². The first kappa shape index (κ1) is 22.3. The van der Waals surface area contributed by atoms with Crippen molar-refractivity contribution >= 4 is 22.7 Å². The Bertz CT molecular complexity index is 1160. The maximum absolute atomic E-state index is 13.4. The molecule has 32 heavy (non-hydrogen) atoms. The van der Waals surface area contributed by atoms with Crippen LogP contribution in [-0.2, 0) is 36.3 Å². The Morgan fingerprint density at radius 2 is 2.06 bits per heavy atom. The number of imidazole rings is 1. The van der Waals surface area contributed by atoms with E-state index in [-0.39, 0.29) is 42.8 Å². The number of aryl methyl sites for hydroxylation is 1. The summed E-state index contributed by atoms with van der Waals surface area (Å²) >= 11 is 0. The van der Waals surface area contributed by atoms with Crippen molar-refractivity contribution in [2.45, 2.75) is 46.9 Å². The van der Waals surface area contributed by atoms with E-state index in [1.807, 2.05) is 63.0 Å². The van der Waals surface area contributed by atoms with Crippen molar-refractivity contribution in [3.63, 3.8) is 0 Å². The second-order valence-electron chi connectivity index (χ2n) is 9.14. The highest BCUT2D eigenvalue weighted by atomic mass is 16.5. The Labute approximate surface area is 188 Å². The Morgan fingerprint density at radius 1 is 1.31 bits per heavy atom. The number of esters is 1. The van der Waals surface area contributed by atoms with Crippen LogP contribution in [0.1, 0.15) is 42.1 Å². The summed E-state index contributed by atoms with van der Waals surface area (Å²) < 4.78 is 11.6. The number of carbonyl (C=O) groups is 2. The SMILES string of the molecule is Cc1n(CC2CCc3c(c4ccccc4n3C)C2=O)cc[n+]1COC(=O)C(CN)C(C)C. The van der Waals surface area contributed by atoms with Crippen molar-refractivity contribution < 1.29 is 18.9 Å². The van der Waals surface area contributed by atoms with Crippen molar-refractivity contribution in [1.82, 2.24) is 9.13 Å². The highest BCUT2D eigenvalue weighted by Gasteiger charge is 2.34. The Hall–Kier alpha value is -2.93. The van der Waals surface area contributed by atoms with E-state index >= 15 is 0 Å². The quantitative estimate of drug-likeness (QED) is 0.455. The van der Waals surface area contributed by atoms with Crippen molar-refractivity contribution in [1.29, 1.82) is 0 Å². The van der Waals surface area contributed by atoms with Crippen LogP contribution in [0.5, 0.6) is 0 Å². The molecule has 0 saturated heterocycles. The van der Waals surface area contributed by atoms with E-state index < -0.39 is 0 Å². The molecule has 1 aliphatic rings. The van der Waals surface area contributed by atoms with Crippen molar-refractivity contribution in [2.75, 3.05) is 6.54 Å². The maximum Gasteiger partial charge on any atom is 0.313 e. The van der Waals surface area contributed by atoms with Crippen LogP contribution in [0.2, 0.25) is 0 Å². The zero-order valence-electron chi connectivity index (χ0n) is 19.4. The number of para-hydroxylation sites is 1. The van der Waals surface area contributed by atoms with Gasteiger partial charge in [-0.05, 0) is 24.8 Å². The monoisotopic (exact) mass is 437 g/mol. The summed E-state index contributed by atoms with van der Waals surface area (Å²) in [7, 11) is 2.05. The number of hydrogen-bond donors (Lipinski definition) is 1. The first-order valence-electron chi connectivity index (χ1n) is 11.4. The van der Waals surface area contributed by atoms with Crippen LogP contribution in [0.3, 0.4) is 0 Å². The van der Waals surface area contributed by atoms with E-state index in [9.17, 15) is 9.59 Å². The van der Waals surface area contributed by atoms with E-state index in [4.69, 9.17) is 10.5 Å². The average molecular weight is 438 g/mol. The summed E-state index contributed by atoms with van der Waals surface area (Å²) in [5.74, 6) is 0.665. The third-order valence-electron chi connectivity index (χ3n) is 6.96. The lowest BCUT2D eigenvalue weighted by Crippen LogP contribution is -2.40. The standard InChI is InChI=1S/C25H33N4O3/c1-16(2)20(13-26)25(31)32-15-29-12-11-28(17(29)3)14-18-9-10-22-23(24(18)30)19-7-5-6-8-21(19)27(22)4/h5-8,11-12,16,18,20H,9-10,13-15,26H2,1-4H3/q+1. The molecule has 2 aromatic heterocycles. The minimum Gasteiger partial charge on any atom is -0.424 e. The molecule has 3 aromatic rings. The van der Waals surface area contributed by atoms with Crippen LogP contribution in [-0.4, -0.2) is 27.4 Å². The first-order chi connectivity index (χ1) is 15.3. The van der Waals surface area contributed by atoms with Crippen LogP contribution < -0.4 is 10.3 Å². The number of benzene rings is 1. The molecule has 2 heterocycles. The molecule has 2 unspecified atom stereocenters. The number of ether oxygens (including phenoxy) is 1. The fourth-order valence-electron chi connectivity index (χ4n) is 4.82. The molecule has 1 aromatic carbocycles. The average Bonchev–Trinajstić information content (AvgIpc) is 3.26. The number of rotatable bonds is 7. The number of fused-ring (bicyclic) bond motifs is 3. The van der Waals surface area contributed by atoms with Gasteiger partial charge in [0.1, 0.15) is 18.9 Å². The van der Waals surface area contributed by atoms with Crippen LogP contribution >= 0.6 is 0 Å². The predicted molar refractivity (Wildman–Crippen MR) is 122 cm³/mol. The lowest BCUT2D eigenvalue weighted by atomic mass is 9.85. The summed E-state index contributed by atoms with van der Waals surface area (Å²) in [5.41, 5.74) is 8.85. The van der Waals surface area contributed by atoms with Crippen molar-refractivity contribution in [3.05, 3.63) is 53.7 Å². The van der Waals surface area contributed by atoms with Crippen LogP contribution in [0.15, 0.2) is 36.7 Å². The van der Waals surface area contributed by atoms with Gasteiger partial charge in [-0.25, -0.2) is 4.57 Å². The number of Topliss-reactive ketones (excluding diaryl/α,β-unsaturated/α-hetero) is 1. The van der Waals surface area contributed by atoms with Gasteiger partial charge in [0.2, 0.25) is 6.73 Å². The van der Waals surface area contributed by atoms with Gasteiger partial charge >= 0.3 is 5.97 Å². The van der Waals surface area contributed by atoms with E-state index in [2.05, 4.69) is 15.2 Å². The fraction of sp³-hybridized carbons (Fsp3) is 0.480. The highest BCUT2D eigenvalue weighted by Crippen LogP contribution is 2.34. The molecule has 7 nitrogen and oxygen atoms in total. The van der Waals surface area contributed by atoms with Gasteiger partial charge in [0.15, 0.2) is 5.78 Å². The normalized spacial score (nSPS) is 17.1. The topological polar surface area (TPSA) is 83.1 Å². The summed E-state index contributed by atoms with van der Waals surface area (Å²) in [5, 5.41) is 1.05. The third-order valence-corrected chi connectivity index (χ3v) is 6.96. The van der Waals surface area contributed by atoms with Gasteiger partial charge in [-0.15, -0.1) is 0 Å². The van der Waals surface area contributed by atoms with Gasteiger partial charge in [0.05, 0.1) is 11.8 Å². The molecule has 1 aliphatic carbocycles. The van der Waals surface area contributed by atoms with Crippen LogP contribution in [0.4, 0.5) is 0 Å². The number of aromatic nitrogens is 3. The minimum atomic E-state index is -0.298. The summed E-state index contributed by atoms with van der Waals surface area (Å²) in [6.07, 6.45) is 5.57. The molecule has 2 N–H and O–H groups in total. The van der Waals surface area contributed by atoms with Crippen LogP contribution in [0.25, 0.3) is 10.9 Å². The van der Waals surface area contributed by atoms with E-state index in [0.29, 0.717) is 6.54 Å². The predicted octanol–water partition coefficient (Wildman–Crippen LogP) is 2.75. The zero-order valence-corrected chi connectivity index (χ0v) is 19.4. The Kier molecular flexibility index (Phi) is 6.20. The zero-order chi connectivity index (χ0) is 23.0. The largest absolute Gasteiger partial charge is 0.424 e. The number of ketones is 1. The third kappa shape index (κ3) is 3.86. The van der Waals surface area contributed by atoms with Gasteiger partial charge in [-0.2, -0.15) is 4.57 Å². The molecule has 0 saturated carbocycles. The highest BCUT2D eigenvalue weighted by molar-refractivity contribution is 6.11. The summed E-state index contributed by atoms with van der Waals surface area (Å²) in [6, 6.07) is 8.13. The molecule has 2 atom stereocenters. The lowest BCUT2D eigenvalue weighted by Gasteiger charge is -2.21. The van der Waals surface area contributed by atoms with Crippen molar-refractivity contribution in [3.8, 4) is 0 Å². The van der Waals surface area contributed by atoms with E-state index in [0.717, 1.165) is 40.8 Å². The van der Waals surface area contributed by atoms with E-state index in [1.165, 1.54) is 0 Å². The van der Waals surface area contributed by atoms with Gasteiger partial charge < -0.3 is 15.0 Å². The number of nitrogens with zero attached hydrogens (tertiary/aromatic N) is 3. The molecule has 0 amide bonds. The molecule has 4 rings (SSSR count). The molecule has 170 valence electrons. The number of nitrogens with two attached hydrogens (primary N) is 1.